The van der Waals surface area contributed by atoms with E-state index in [2.05, 4.69) is 5.73 Å². The van der Waals surface area contributed by atoms with E-state index in [1.54, 1.807) is 0 Å². The maximum Gasteiger partial charge on any atom is 0.121 e. The molecule has 0 aliphatic carbocycles. The molecular weight excluding hydrogens is 156 g/mol. The maximum absolute atomic E-state index is 8.68. The van der Waals surface area contributed by atoms with Gasteiger partial charge in [0.1, 0.15) is 5.44 Å². The summed E-state index contributed by atoms with van der Waals surface area (Å²) in [4.78, 5) is 0. The molecule has 5 heteroatoms. The van der Waals surface area contributed by atoms with Crippen molar-refractivity contribution in [2.24, 2.45) is 11.5 Å². The molecule has 0 spiro atoms. The number of aliphatic hydroxyl groups excluding tert-OH is 1. The molecule has 0 aromatic carbocycles. The van der Waals surface area contributed by atoms with E-state index in [1.807, 2.05) is 6.26 Å². The summed E-state index contributed by atoms with van der Waals surface area (Å²) in [6.07, 6.45) is 1.91. The molecule has 0 rings (SSSR count). The van der Waals surface area contributed by atoms with Gasteiger partial charge in [0.25, 0.3) is 0 Å². The highest BCUT2D eigenvalue weighted by atomic mass is 33.1. The fourth-order valence-corrected chi connectivity index (χ4v) is 1.35. The van der Waals surface area contributed by atoms with Gasteiger partial charge in [-0.3, -0.25) is 0 Å². The molecule has 0 saturated carbocycles. The molecule has 0 aromatic rings. The van der Waals surface area contributed by atoms with Crippen molar-refractivity contribution in [2.75, 3.05) is 19.8 Å². The first-order chi connectivity index (χ1) is 4.31. The van der Waals surface area contributed by atoms with Crippen LogP contribution < -0.4 is 11.5 Å². The monoisotopic (exact) mass is 170 g/mol. The zero-order valence-electron chi connectivity index (χ0n) is 5.70. The van der Waals surface area contributed by atoms with E-state index >= 15 is 0 Å². The Morgan fingerprint density at radius 1 is 1.56 bits per heavy atom. The molecule has 5 N–H and O–H groups in total. The van der Waals surface area contributed by atoms with Gasteiger partial charge in [-0.05, 0) is 13.3 Å². The molecule has 0 aromatic heterocycles. The van der Waals surface area contributed by atoms with Crippen molar-refractivity contribution in [1.82, 2.24) is 0 Å². The van der Waals surface area contributed by atoms with Gasteiger partial charge in [0.15, 0.2) is 0 Å². The minimum absolute atomic E-state index is 0.339. The molecule has 0 bridgehead atoms. The lowest BCUT2D eigenvalue weighted by atomic mass is 10.7. The third-order valence-corrected chi connectivity index (χ3v) is 2.26. The normalized spacial score (nSPS) is 11.7. The quantitative estimate of drug-likeness (QED) is 0.406. The summed E-state index contributed by atoms with van der Waals surface area (Å²) in [6.45, 7) is 0.339. The van der Waals surface area contributed by atoms with Gasteiger partial charge in [-0.2, -0.15) is 0 Å². The van der Waals surface area contributed by atoms with Gasteiger partial charge in [0.2, 0.25) is 0 Å². The molecule has 0 amide bonds. The van der Waals surface area contributed by atoms with E-state index in [0.29, 0.717) is 6.54 Å². The van der Waals surface area contributed by atoms with E-state index in [-0.39, 0.29) is 0 Å². The lowest BCUT2D eigenvalue weighted by Gasteiger charge is -2.00. The summed E-state index contributed by atoms with van der Waals surface area (Å²) in [5, 5.41) is 8.68. The Balaban J connectivity index is 0. The molecule has 58 valence electrons. The summed E-state index contributed by atoms with van der Waals surface area (Å²) < 4.78 is 0. The van der Waals surface area contributed by atoms with Crippen LogP contribution in [-0.2, 0) is 0 Å². The SMILES string of the molecule is CN.CSSC(O)CN. The van der Waals surface area contributed by atoms with Gasteiger partial charge in [-0.1, -0.05) is 21.6 Å². The Hall–Kier alpha value is 0.580. The zero-order valence-corrected chi connectivity index (χ0v) is 7.34. The van der Waals surface area contributed by atoms with Crippen LogP contribution in [0.2, 0.25) is 0 Å². The van der Waals surface area contributed by atoms with Crippen molar-refractivity contribution in [3.63, 3.8) is 0 Å². The number of nitrogens with two attached hydrogens (primary N) is 2. The van der Waals surface area contributed by atoms with E-state index < -0.39 is 5.44 Å². The zero-order chi connectivity index (χ0) is 7.70. The highest BCUT2D eigenvalue weighted by molar-refractivity contribution is 8.76. The van der Waals surface area contributed by atoms with Crippen LogP contribution in [-0.4, -0.2) is 30.4 Å². The molecule has 1 unspecified atom stereocenters. The molecule has 0 heterocycles. The van der Waals surface area contributed by atoms with Crippen LogP contribution in [0.1, 0.15) is 0 Å². The number of rotatable bonds is 3. The summed E-state index contributed by atoms with van der Waals surface area (Å²) in [7, 11) is 4.40. The largest absolute Gasteiger partial charge is 0.380 e. The van der Waals surface area contributed by atoms with Crippen molar-refractivity contribution in [1.29, 1.82) is 0 Å². The van der Waals surface area contributed by atoms with E-state index in [0.717, 1.165) is 0 Å². The lowest BCUT2D eigenvalue weighted by molar-refractivity contribution is 0.273. The molecule has 0 fully saturated rings. The second-order valence-electron chi connectivity index (χ2n) is 0.953. The average Bonchev–Trinajstić information content (AvgIpc) is 1.93. The van der Waals surface area contributed by atoms with Gasteiger partial charge in [0, 0.05) is 6.54 Å². The first-order valence-corrected chi connectivity index (χ1v) is 5.08. The van der Waals surface area contributed by atoms with Crippen LogP contribution in [0.3, 0.4) is 0 Å². The minimum atomic E-state index is -0.394. The van der Waals surface area contributed by atoms with Crippen LogP contribution in [0.4, 0.5) is 0 Å². The topological polar surface area (TPSA) is 72.3 Å². The second-order valence-corrected chi connectivity index (χ2v) is 3.60. The molecule has 0 aliphatic rings. The van der Waals surface area contributed by atoms with Crippen molar-refractivity contribution in [3.05, 3.63) is 0 Å². The fraction of sp³-hybridized carbons (Fsp3) is 1.00. The van der Waals surface area contributed by atoms with Gasteiger partial charge in [-0.25, -0.2) is 0 Å². The predicted molar refractivity (Wildman–Crippen MR) is 46.3 cm³/mol. The Bertz CT molecular complexity index is 47.5. The van der Waals surface area contributed by atoms with Crippen LogP contribution in [0.5, 0.6) is 0 Å². The summed E-state index contributed by atoms with van der Waals surface area (Å²) in [5.41, 5.74) is 9.18. The smallest absolute Gasteiger partial charge is 0.121 e. The average molecular weight is 170 g/mol. The maximum atomic E-state index is 8.68. The molecule has 1 atom stereocenters. The minimum Gasteiger partial charge on any atom is -0.380 e. The van der Waals surface area contributed by atoms with Crippen LogP contribution in [0.25, 0.3) is 0 Å². The Labute approximate surface area is 64.0 Å². The first-order valence-electron chi connectivity index (χ1n) is 2.46. The highest BCUT2D eigenvalue weighted by Gasteiger charge is 1.96. The Morgan fingerprint density at radius 2 is 2.00 bits per heavy atom. The van der Waals surface area contributed by atoms with Crippen LogP contribution in [0, 0.1) is 0 Å². The highest BCUT2D eigenvalue weighted by Crippen LogP contribution is 2.20. The van der Waals surface area contributed by atoms with Gasteiger partial charge in [-0.15, -0.1) is 0 Å². The van der Waals surface area contributed by atoms with Crippen LogP contribution in [0.15, 0.2) is 0 Å². The molecule has 3 nitrogen and oxygen atoms in total. The summed E-state index contributed by atoms with van der Waals surface area (Å²) in [6, 6.07) is 0. The molecular formula is C4H14N2OS2. The van der Waals surface area contributed by atoms with Crippen molar-refractivity contribution >= 4 is 21.6 Å². The van der Waals surface area contributed by atoms with Gasteiger partial charge < -0.3 is 16.6 Å². The van der Waals surface area contributed by atoms with E-state index in [4.69, 9.17) is 10.8 Å². The standard InChI is InChI=1S/C3H9NOS2.CH5N/c1-6-7-3(5)2-4;1-2/h3,5H,2,4H2,1H3;2H2,1H3. The summed E-state index contributed by atoms with van der Waals surface area (Å²) in [5.74, 6) is 0. The predicted octanol–water partition coefficient (Wildman–Crippen LogP) is -0.150. The Morgan fingerprint density at radius 3 is 2.11 bits per heavy atom. The molecule has 9 heavy (non-hydrogen) atoms. The molecule has 0 saturated heterocycles. The summed E-state index contributed by atoms with van der Waals surface area (Å²) >= 11 is 0. The third-order valence-electron chi connectivity index (χ3n) is 0.409. The lowest BCUT2D eigenvalue weighted by Crippen LogP contribution is -2.14. The number of hydrogen-bond acceptors (Lipinski definition) is 5. The number of aliphatic hydroxyl groups is 1. The van der Waals surface area contributed by atoms with Gasteiger partial charge >= 0.3 is 0 Å². The molecule has 0 aliphatic heterocycles. The van der Waals surface area contributed by atoms with Crippen LogP contribution >= 0.6 is 21.6 Å². The van der Waals surface area contributed by atoms with Crippen molar-refractivity contribution in [3.8, 4) is 0 Å². The van der Waals surface area contributed by atoms with E-state index in [9.17, 15) is 0 Å². The second kappa shape index (κ2) is 11.4. The first kappa shape index (κ1) is 12.3. The van der Waals surface area contributed by atoms with Crippen molar-refractivity contribution in [2.45, 2.75) is 5.44 Å². The number of hydrogen-bond donors (Lipinski definition) is 3. The Kier molecular flexibility index (Phi) is 15.5. The van der Waals surface area contributed by atoms with Crippen molar-refractivity contribution < 1.29 is 5.11 Å². The van der Waals surface area contributed by atoms with Gasteiger partial charge in [0.05, 0.1) is 0 Å². The van der Waals surface area contributed by atoms with E-state index in [1.165, 1.54) is 28.6 Å². The fourth-order valence-electron chi connectivity index (χ4n) is 0.150. The molecule has 0 radical (unpaired) electrons. The third kappa shape index (κ3) is 11.9.